The van der Waals surface area contributed by atoms with E-state index in [4.69, 9.17) is 4.74 Å². The molecule has 1 aromatic carbocycles. The van der Waals surface area contributed by atoms with Gasteiger partial charge in [0.05, 0.1) is 24.3 Å². The maximum atomic E-state index is 12.6. The number of phenolic OH excluding ortho intramolecular Hbond substituents is 1. The van der Waals surface area contributed by atoms with Gasteiger partial charge in [0.1, 0.15) is 11.3 Å². The Morgan fingerprint density at radius 2 is 1.93 bits per heavy atom. The number of nitrogens with zero attached hydrogens (tertiary/aromatic N) is 4. The van der Waals surface area contributed by atoms with E-state index in [2.05, 4.69) is 9.97 Å². The summed E-state index contributed by atoms with van der Waals surface area (Å²) in [6, 6.07) is 6.44. The number of aromatic nitrogens is 3. The number of aromatic carboxylic acids is 1. The zero-order valence-electron chi connectivity index (χ0n) is 14.2. The number of ether oxygens (including phenoxy) is 1. The number of hydrogen-bond donors (Lipinski definition) is 2. The quantitative estimate of drug-likeness (QED) is 0.704. The standard InChI is InChI=1S/C18H16N4O5/c23-14-4-2-1-3-13(14)22-10-12(17(25)26)15(24)11-9-19-18(20-16(11)22)21-5-7-27-8-6-21/h1-4,9-10,23H,5-8H2,(H,25,26). The van der Waals surface area contributed by atoms with Crippen LogP contribution in [0.2, 0.25) is 0 Å². The van der Waals surface area contributed by atoms with E-state index in [9.17, 15) is 19.8 Å². The fraction of sp³-hybridized carbons (Fsp3) is 0.222. The molecule has 0 unspecified atom stereocenters. The van der Waals surface area contributed by atoms with Crippen LogP contribution in [-0.4, -0.2) is 57.0 Å². The molecule has 9 nitrogen and oxygen atoms in total. The summed E-state index contributed by atoms with van der Waals surface area (Å²) in [6.45, 7) is 2.32. The molecule has 1 saturated heterocycles. The van der Waals surface area contributed by atoms with E-state index in [0.29, 0.717) is 37.9 Å². The third-order valence-corrected chi connectivity index (χ3v) is 4.40. The van der Waals surface area contributed by atoms with Crippen molar-refractivity contribution in [3.05, 3.63) is 52.4 Å². The van der Waals surface area contributed by atoms with E-state index < -0.39 is 17.0 Å². The number of hydrogen-bond acceptors (Lipinski definition) is 7. The summed E-state index contributed by atoms with van der Waals surface area (Å²) in [4.78, 5) is 34.7. The Morgan fingerprint density at radius 3 is 2.63 bits per heavy atom. The molecule has 27 heavy (non-hydrogen) atoms. The Bertz CT molecular complexity index is 1090. The average molecular weight is 368 g/mol. The summed E-state index contributed by atoms with van der Waals surface area (Å²) in [5.74, 6) is -1.01. The monoisotopic (exact) mass is 368 g/mol. The molecule has 0 radical (unpaired) electrons. The lowest BCUT2D eigenvalue weighted by Crippen LogP contribution is -2.37. The van der Waals surface area contributed by atoms with Gasteiger partial charge >= 0.3 is 5.97 Å². The molecule has 0 spiro atoms. The lowest BCUT2D eigenvalue weighted by atomic mass is 10.2. The summed E-state index contributed by atoms with van der Waals surface area (Å²) < 4.78 is 6.73. The van der Waals surface area contributed by atoms with Crippen LogP contribution >= 0.6 is 0 Å². The van der Waals surface area contributed by atoms with Crippen LogP contribution in [0.5, 0.6) is 5.75 Å². The van der Waals surface area contributed by atoms with Gasteiger partial charge in [0, 0.05) is 25.5 Å². The number of carboxylic acid groups (broad SMARTS) is 1. The highest BCUT2D eigenvalue weighted by Crippen LogP contribution is 2.25. The second kappa shape index (κ2) is 6.69. The number of anilines is 1. The zero-order chi connectivity index (χ0) is 19.0. The highest BCUT2D eigenvalue weighted by atomic mass is 16.5. The Morgan fingerprint density at radius 1 is 1.19 bits per heavy atom. The third-order valence-electron chi connectivity index (χ3n) is 4.40. The Hall–Kier alpha value is -3.46. The van der Waals surface area contributed by atoms with Gasteiger partial charge in [-0.05, 0) is 12.1 Å². The van der Waals surface area contributed by atoms with Crippen molar-refractivity contribution < 1.29 is 19.7 Å². The first kappa shape index (κ1) is 17.0. The van der Waals surface area contributed by atoms with Crippen molar-refractivity contribution >= 4 is 23.0 Å². The van der Waals surface area contributed by atoms with E-state index in [-0.39, 0.29) is 16.8 Å². The van der Waals surface area contributed by atoms with E-state index in [1.807, 2.05) is 4.90 Å². The molecule has 1 fully saturated rings. The minimum Gasteiger partial charge on any atom is -0.506 e. The molecule has 1 aliphatic rings. The predicted octanol–water partition coefficient (Wildman–Crippen LogP) is 1.02. The molecule has 9 heteroatoms. The number of para-hydroxylation sites is 2. The Kier molecular flexibility index (Phi) is 4.21. The van der Waals surface area contributed by atoms with Crippen LogP contribution in [0.1, 0.15) is 10.4 Å². The molecule has 0 amide bonds. The van der Waals surface area contributed by atoms with Gasteiger partial charge in [-0.25, -0.2) is 9.78 Å². The van der Waals surface area contributed by atoms with Gasteiger partial charge < -0.3 is 19.8 Å². The topological polar surface area (TPSA) is 118 Å². The van der Waals surface area contributed by atoms with Crippen molar-refractivity contribution in [1.82, 2.24) is 14.5 Å². The molecule has 4 rings (SSSR count). The number of carbonyl (C=O) groups is 1. The number of benzene rings is 1. The summed E-state index contributed by atoms with van der Waals surface area (Å²) in [5.41, 5.74) is -0.550. The predicted molar refractivity (Wildman–Crippen MR) is 96.8 cm³/mol. The summed E-state index contributed by atoms with van der Waals surface area (Å²) >= 11 is 0. The van der Waals surface area contributed by atoms with E-state index in [1.54, 1.807) is 18.2 Å². The van der Waals surface area contributed by atoms with Crippen LogP contribution in [0.25, 0.3) is 16.7 Å². The number of aromatic hydroxyl groups is 1. The summed E-state index contributed by atoms with van der Waals surface area (Å²) in [7, 11) is 0. The maximum absolute atomic E-state index is 12.6. The highest BCUT2D eigenvalue weighted by Gasteiger charge is 2.20. The lowest BCUT2D eigenvalue weighted by Gasteiger charge is -2.27. The molecule has 2 N–H and O–H groups in total. The number of rotatable bonds is 3. The van der Waals surface area contributed by atoms with E-state index in [0.717, 1.165) is 0 Å². The second-order valence-corrected chi connectivity index (χ2v) is 6.04. The van der Waals surface area contributed by atoms with Crippen LogP contribution in [0, 0.1) is 0 Å². The molecule has 138 valence electrons. The molecule has 0 bridgehead atoms. The molecule has 1 aliphatic heterocycles. The Labute approximate surface area is 153 Å². The highest BCUT2D eigenvalue weighted by molar-refractivity contribution is 5.92. The molecular formula is C18H16N4O5. The van der Waals surface area contributed by atoms with Crippen molar-refractivity contribution in [3.8, 4) is 11.4 Å². The minimum atomic E-state index is -1.36. The van der Waals surface area contributed by atoms with Crippen molar-refractivity contribution in [2.45, 2.75) is 0 Å². The fourth-order valence-electron chi connectivity index (χ4n) is 3.02. The molecule has 0 atom stereocenters. The van der Waals surface area contributed by atoms with Crippen molar-refractivity contribution in [2.24, 2.45) is 0 Å². The van der Waals surface area contributed by atoms with Crippen molar-refractivity contribution in [3.63, 3.8) is 0 Å². The number of carboxylic acids is 1. The van der Waals surface area contributed by atoms with Gasteiger partial charge in [0.2, 0.25) is 11.4 Å². The smallest absolute Gasteiger partial charge is 0.341 e. The third kappa shape index (κ3) is 2.97. The molecule has 0 saturated carbocycles. The molecule has 3 heterocycles. The number of phenols is 1. The fourth-order valence-corrected chi connectivity index (χ4v) is 3.02. The number of pyridine rings is 1. The SMILES string of the molecule is O=C(O)c1cn(-c2ccccc2O)c2nc(N3CCOCC3)ncc2c1=O. The second-order valence-electron chi connectivity index (χ2n) is 6.04. The molecule has 2 aromatic heterocycles. The normalized spacial score (nSPS) is 14.4. The van der Waals surface area contributed by atoms with Crippen molar-refractivity contribution in [2.75, 3.05) is 31.2 Å². The summed E-state index contributed by atoms with van der Waals surface area (Å²) in [6.07, 6.45) is 2.51. The minimum absolute atomic E-state index is 0.0645. The van der Waals surface area contributed by atoms with Crippen LogP contribution in [0.3, 0.4) is 0 Å². The first-order valence-electron chi connectivity index (χ1n) is 8.33. The molecule has 3 aromatic rings. The lowest BCUT2D eigenvalue weighted by molar-refractivity contribution is 0.0695. The van der Waals surface area contributed by atoms with Gasteiger partial charge in [0.25, 0.3) is 0 Å². The van der Waals surface area contributed by atoms with Gasteiger partial charge in [-0.3, -0.25) is 9.36 Å². The van der Waals surface area contributed by atoms with Crippen molar-refractivity contribution in [1.29, 1.82) is 0 Å². The Balaban J connectivity index is 2.00. The van der Waals surface area contributed by atoms with Gasteiger partial charge in [-0.15, -0.1) is 0 Å². The van der Waals surface area contributed by atoms with Crippen LogP contribution in [0.15, 0.2) is 41.5 Å². The summed E-state index contributed by atoms with van der Waals surface area (Å²) in [5, 5.41) is 19.7. The van der Waals surface area contributed by atoms with E-state index >= 15 is 0 Å². The van der Waals surface area contributed by atoms with Gasteiger partial charge in [-0.1, -0.05) is 12.1 Å². The number of fused-ring (bicyclic) bond motifs is 1. The van der Waals surface area contributed by atoms with Gasteiger partial charge in [-0.2, -0.15) is 4.98 Å². The van der Waals surface area contributed by atoms with E-state index in [1.165, 1.54) is 23.0 Å². The first-order chi connectivity index (χ1) is 13.1. The van der Waals surface area contributed by atoms with Crippen LogP contribution < -0.4 is 10.3 Å². The largest absolute Gasteiger partial charge is 0.506 e. The zero-order valence-corrected chi connectivity index (χ0v) is 14.2. The first-order valence-corrected chi connectivity index (χ1v) is 8.33. The molecule has 0 aliphatic carbocycles. The van der Waals surface area contributed by atoms with Gasteiger partial charge in [0.15, 0.2) is 5.65 Å². The number of morpholine rings is 1. The van der Waals surface area contributed by atoms with Crippen LogP contribution in [0.4, 0.5) is 5.95 Å². The maximum Gasteiger partial charge on any atom is 0.341 e. The molecular weight excluding hydrogens is 352 g/mol. The average Bonchev–Trinajstić information content (AvgIpc) is 2.69. The van der Waals surface area contributed by atoms with Crippen LogP contribution in [-0.2, 0) is 4.74 Å².